The van der Waals surface area contributed by atoms with Crippen LogP contribution < -0.4 is 5.56 Å². The Kier molecular flexibility index (Phi) is 5.72. The Morgan fingerprint density at radius 1 is 1.03 bits per heavy atom. The summed E-state index contributed by atoms with van der Waals surface area (Å²) in [6.45, 7) is 3.95. The first kappa shape index (κ1) is 20.0. The number of aromatic nitrogens is 3. The van der Waals surface area contributed by atoms with E-state index in [1.54, 1.807) is 0 Å². The minimum absolute atomic E-state index is 0.0738. The van der Waals surface area contributed by atoms with Gasteiger partial charge in [-0.3, -0.25) is 9.59 Å². The third-order valence-corrected chi connectivity index (χ3v) is 5.88. The second kappa shape index (κ2) is 8.59. The highest BCUT2D eigenvalue weighted by molar-refractivity contribution is 7.16. The van der Waals surface area contributed by atoms with Gasteiger partial charge >= 0.3 is 5.97 Å². The smallest absolute Gasteiger partial charge is 0.318 e. The summed E-state index contributed by atoms with van der Waals surface area (Å²) >= 11 is 1.37. The van der Waals surface area contributed by atoms with E-state index in [2.05, 4.69) is 10.1 Å². The van der Waals surface area contributed by atoms with Crippen molar-refractivity contribution in [2.75, 3.05) is 0 Å². The normalized spacial score (nSPS) is 11.3. The maximum atomic E-state index is 13.0. The van der Waals surface area contributed by atoms with Gasteiger partial charge in [0.1, 0.15) is 17.5 Å². The van der Waals surface area contributed by atoms with Gasteiger partial charge in [-0.15, -0.1) is 0 Å². The Morgan fingerprint density at radius 3 is 2.20 bits per heavy atom. The molecule has 0 bridgehead atoms. The van der Waals surface area contributed by atoms with Crippen molar-refractivity contribution >= 4 is 22.3 Å². The van der Waals surface area contributed by atoms with E-state index < -0.39 is 5.92 Å². The van der Waals surface area contributed by atoms with E-state index >= 15 is 0 Å². The number of carbonyl (C=O) groups is 1. The first-order chi connectivity index (χ1) is 14.5. The van der Waals surface area contributed by atoms with Gasteiger partial charge in [-0.25, -0.2) is 4.98 Å². The van der Waals surface area contributed by atoms with Crippen molar-refractivity contribution in [3.63, 3.8) is 0 Å². The Bertz CT molecular complexity index is 1180. The molecule has 0 aliphatic rings. The van der Waals surface area contributed by atoms with Crippen molar-refractivity contribution in [1.82, 2.24) is 14.6 Å². The van der Waals surface area contributed by atoms with Crippen molar-refractivity contribution in [2.24, 2.45) is 0 Å². The fourth-order valence-electron chi connectivity index (χ4n) is 3.16. The van der Waals surface area contributed by atoms with Crippen LogP contribution in [-0.4, -0.2) is 20.6 Å². The van der Waals surface area contributed by atoms with E-state index in [1.165, 1.54) is 21.9 Å². The summed E-state index contributed by atoms with van der Waals surface area (Å²) in [5, 5.41) is 5.14. The lowest BCUT2D eigenvalue weighted by atomic mass is 9.91. The molecule has 0 unspecified atom stereocenters. The molecule has 0 aliphatic heterocycles. The molecule has 152 valence electrons. The number of hydrogen-bond donors (Lipinski definition) is 0. The zero-order valence-electron chi connectivity index (χ0n) is 16.7. The zero-order chi connectivity index (χ0) is 21.1. The molecule has 6 nitrogen and oxygen atoms in total. The second-order valence-corrected chi connectivity index (χ2v) is 8.22. The molecule has 4 rings (SSSR count). The van der Waals surface area contributed by atoms with Gasteiger partial charge in [0.05, 0.1) is 5.69 Å². The summed E-state index contributed by atoms with van der Waals surface area (Å²) in [6.07, 6.45) is 0. The van der Waals surface area contributed by atoms with Crippen LogP contribution in [0, 0.1) is 0 Å². The molecule has 2 aromatic heterocycles. The quantitative estimate of drug-likeness (QED) is 0.439. The molecular weight excluding hydrogens is 398 g/mol. The Labute approximate surface area is 177 Å². The summed E-state index contributed by atoms with van der Waals surface area (Å²) < 4.78 is 6.89. The predicted molar refractivity (Wildman–Crippen MR) is 116 cm³/mol. The molecule has 0 spiro atoms. The zero-order valence-corrected chi connectivity index (χ0v) is 17.5. The number of benzene rings is 2. The monoisotopic (exact) mass is 419 g/mol. The SMILES string of the molecule is CC(C)c1nn2c(=O)cc(COC(=O)C(c3ccccc3)c3ccccc3)nc2s1. The lowest BCUT2D eigenvalue weighted by Gasteiger charge is -2.17. The maximum absolute atomic E-state index is 13.0. The lowest BCUT2D eigenvalue weighted by Crippen LogP contribution is -2.19. The number of rotatable bonds is 6. The van der Waals surface area contributed by atoms with Crippen LogP contribution >= 0.6 is 11.3 Å². The topological polar surface area (TPSA) is 73.6 Å². The van der Waals surface area contributed by atoms with Crippen molar-refractivity contribution in [3.8, 4) is 0 Å². The first-order valence-electron chi connectivity index (χ1n) is 9.69. The highest BCUT2D eigenvalue weighted by Gasteiger charge is 2.24. The van der Waals surface area contributed by atoms with E-state index in [9.17, 15) is 9.59 Å². The third-order valence-electron chi connectivity index (χ3n) is 4.67. The van der Waals surface area contributed by atoms with E-state index in [1.807, 2.05) is 74.5 Å². The minimum Gasteiger partial charge on any atom is -0.458 e. The van der Waals surface area contributed by atoms with Gasteiger partial charge in [0.2, 0.25) is 4.96 Å². The number of esters is 1. The standard InChI is InChI=1S/C23H21N3O3S/c1-15(2)21-25-26-19(27)13-18(24-23(26)30-21)14-29-22(28)20(16-9-5-3-6-10-16)17-11-7-4-8-12-17/h3-13,15,20H,14H2,1-2H3. The summed E-state index contributed by atoms with van der Waals surface area (Å²) in [5.41, 5.74) is 1.83. The minimum atomic E-state index is -0.548. The van der Waals surface area contributed by atoms with Crippen molar-refractivity contribution in [2.45, 2.75) is 32.3 Å². The van der Waals surface area contributed by atoms with Crippen molar-refractivity contribution in [3.05, 3.63) is 98.9 Å². The molecule has 0 radical (unpaired) electrons. The molecule has 4 aromatic rings. The van der Waals surface area contributed by atoms with Crippen LogP contribution in [0.3, 0.4) is 0 Å². The summed E-state index contributed by atoms with van der Waals surface area (Å²) in [4.78, 5) is 30.4. The average Bonchev–Trinajstić information content (AvgIpc) is 3.19. The Morgan fingerprint density at radius 2 is 1.63 bits per heavy atom. The Hall–Kier alpha value is -3.32. The number of ether oxygens (including phenoxy) is 1. The van der Waals surface area contributed by atoms with Crippen LogP contribution in [-0.2, 0) is 16.1 Å². The molecule has 0 saturated carbocycles. The number of nitrogens with zero attached hydrogens (tertiary/aromatic N) is 3. The molecular formula is C23H21N3O3S. The van der Waals surface area contributed by atoms with E-state index in [4.69, 9.17) is 4.74 Å². The molecule has 0 fully saturated rings. The van der Waals surface area contributed by atoms with Crippen LogP contribution in [0.15, 0.2) is 71.5 Å². The van der Waals surface area contributed by atoms with Crippen LogP contribution in [0.25, 0.3) is 4.96 Å². The van der Waals surface area contributed by atoms with Crippen LogP contribution in [0.5, 0.6) is 0 Å². The van der Waals surface area contributed by atoms with E-state index in [0.717, 1.165) is 16.1 Å². The average molecular weight is 420 g/mol. The molecule has 7 heteroatoms. The van der Waals surface area contributed by atoms with Gasteiger partial charge < -0.3 is 4.74 Å². The molecule has 30 heavy (non-hydrogen) atoms. The lowest BCUT2D eigenvalue weighted by molar-refractivity contribution is -0.145. The van der Waals surface area contributed by atoms with E-state index in [-0.39, 0.29) is 24.1 Å². The van der Waals surface area contributed by atoms with Crippen LogP contribution in [0.2, 0.25) is 0 Å². The second-order valence-electron chi connectivity index (χ2n) is 7.24. The fraction of sp³-hybridized carbons (Fsp3) is 0.217. The van der Waals surface area contributed by atoms with Gasteiger partial charge in [0, 0.05) is 12.0 Å². The molecule has 2 heterocycles. The summed E-state index contributed by atoms with van der Waals surface area (Å²) in [5.74, 6) is -0.732. The maximum Gasteiger partial charge on any atom is 0.318 e. The molecule has 0 N–H and O–H groups in total. The fourth-order valence-corrected chi connectivity index (χ4v) is 4.09. The van der Waals surface area contributed by atoms with Gasteiger partial charge in [0.25, 0.3) is 5.56 Å². The highest BCUT2D eigenvalue weighted by atomic mass is 32.1. The molecule has 0 aliphatic carbocycles. The largest absolute Gasteiger partial charge is 0.458 e. The highest BCUT2D eigenvalue weighted by Crippen LogP contribution is 2.26. The molecule has 0 saturated heterocycles. The molecule has 0 atom stereocenters. The summed E-state index contributed by atoms with van der Waals surface area (Å²) in [7, 11) is 0. The van der Waals surface area contributed by atoms with E-state index in [0.29, 0.717) is 10.7 Å². The molecule has 0 amide bonds. The van der Waals surface area contributed by atoms with Crippen LogP contribution in [0.1, 0.15) is 47.5 Å². The van der Waals surface area contributed by atoms with Crippen molar-refractivity contribution in [1.29, 1.82) is 0 Å². The van der Waals surface area contributed by atoms with Crippen molar-refractivity contribution < 1.29 is 9.53 Å². The van der Waals surface area contributed by atoms with Gasteiger partial charge in [-0.1, -0.05) is 85.8 Å². The number of hydrogen-bond acceptors (Lipinski definition) is 6. The Balaban J connectivity index is 1.58. The van der Waals surface area contributed by atoms with Gasteiger partial charge in [-0.2, -0.15) is 9.61 Å². The summed E-state index contributed by atoms with van der Waals surface area (Å²) in [6, 6.07) is 20.4. The first-order valence-corrected chi connectivity index (χ1v) is 10.5. The van der Waals surface area contributed by atoms with Gasteiger partial charge in [0.15, 0.2) is 0 Å². The number of fused-ring (bicyclic) bond motifs is 1. The third kappa shape index (κ3) is 4.16. The predicted octanol–water partition coefficient (Wildman–Crippen LogP) is 4.15. The molecule has 2 aromatic carbocycles. The van der Waals surface area contributed by atoms with Crippen LogP contribution in [0.4, 0.5) is 0 Å². The number of carbonyl (C=O) groups excluding carboxylic acids is 1. The van der Waals surface area contributed by atoms with Gasteiger partial charge in [-0.05, 0) is 11.1 Å².